The summed E-state index contributed by atoms with van der Waals surface area (Å²) in [6.45, 7) is 4.08. The van der Waals surface area contributed by atoms with Crippen molar-refractivity contribution in [1.82, 2.24) is 0 Å². The molecule has 0 aliphatic heterocycles. The van der Waals surface area contributed by atoms with E-state index in [1.807, 2.05) is 25.1 Å². The van der Waals surface area contributed by atoms with Gasteiger partial charge in [0, 0.05) is 22.0 Å². The number of ether oxygens (including phenoxy) is 1. The summed E-state index contributed by atoms with van der Waals surface area (Å²) in [6, 6.07) is 5.69. The van der Waals surface area contributed by atoms with Crippen LogP contribution in [0.25, 0.3) is 0 Å². The minimum absolute atomic E-state index is 0.249. The Labute approximate surface area is 121 Å². The van der Waals surface area contributed by atoms with Crippen LogP contribution < -0.4 is 10.5 Å². The lowest BCUT2D eigenvalue weighted by atomic mass is 9.97. The van der Waals surface area contributed by atoms with Gasteiger partial charge >= 0.3 is 0 Å². The van der Waals surface area contributed by atoms with Crippen LogP contribution in [0.15, 0.2) is 33.4 Å². The number of hydrogen-bond donors (Lipinski definition) is 1. The molecule has 1 heterocycles. The summed E-state index contributed by atoms with van der Waals surface area (Å²) in [7, 11) is 1.66. The number of aryl methyl sites for hydroxylation is 2. The molecule has 1 unspecified atom stereocenters. The Hall–Kier alpha value is -1.26. The zero-order chi connectivity index (χ0) is 14.0. The van der Waals surface area contributed by atoms with Gasteiger partial charge in [0.2, 0.25) is 0 Å². The van der Waals surface area contributed by atoms with Crippen LogP contribution in [-0.4, -0.2) is 7.11 Å². The van der Waals surface area contributed by atoms with Crippen molar-refractivity contribution in [1.29, 1.82) is 0 Å². The zero-order valence-corrected chi connectivity index (χ0v) is 13.0. The maximum atomic E-state index is 6.37. The van der Waals surface area contributed by atoms with E-state index in [0.717, 1.165) is 39.1 Å². The highest BCUT2D eigenvalue weighted by molar-refractivity contribution is 9.10. The number of furan rings is 1. The van der Waals surface area contributed by atoms with Crippen LogP contribution >= 0.6 is 15.9 Å². The summed E-state index contributed by atoms with van der Waals surface area (Å²) in [6.07, 6.45) is 2.51. The second kappa shape index (κ2) is 5.80. The molecule has 2 rings (SSSR count). The molecule has 0 radical (unpaired) electrons. The van der Waals surface area contributed by atoms with Crippen LogP contribution in [-0.2, 0) is 6.42 Å². The van der Waals surface area contributed by atoms with Gasteiger partial charge in [0.05, 0.1) is 19.4 Å². The molecule has 1 aromatic heterocycles. The summed E-state index contributed by atoms with van der Waals surface area (Å²) in [5, 5.41) is 0. The fourth-order valence-electron chi connectivity index (χ4n) is 2.17. The molecule has 0 saturated carbocycles. The molecular weight excluding hydrogens is 306 g/mol. The van der Waals surface area contributed by atoms with Crippen LogP contribution in [0.1, 0.15) is 35.4 Å². The second-order valence-corrected chi connectivity index (χ2v) is 5.33. The highest BCUT2D eigenvalue weighted by Crippen LogP contribution is 2.34. The summed E-state index contributed by atoms with van der Waals surface area (Å²) in [4.78, 5) is 0. The standard InChI is InChI=1S/C15H18BrNO2/c1-4-13-10(5-6-19-13)15(17)11-8-12(16)9(2)7-14(11)18-3/h5-8,15H,4,17H2,1-3H3. The van der Waals surface area contributed by atoms with E-state index in [1.54, 1.807) is 13.4 Å². The average molecular weight is 324 g/mol. The Balaban J connectivity index is 2.49. The predicted molar refractivity (Wildman–Crippen MR) is 79.5 cm³/mol. The zero-order valence-electron chi connectivity index (χ0n) is 11.4. The maximum absolute atomic E-state index is 6.37. The molecule has 4 heteroatoms. The molecule has 0 aliphatic carbocycles. The molecule has 2 aromatic rings. The first kappa shape index (κ1) is 14.2. The van der Waals surface area contributed by atoms with Gasteiger partial charge in [-0.25, -0.2) is 0 Å². The Morgan fingerprint density at radius 3 is 2.74 bits per heavy atom. The van der Waals surface area contributed by atoms with E-state index < -0.39 is 0 Å². The molecule has 0 bridgehead atoms. The van der Waals surface area contributed by atoms with Crippen molar-refractivity contribution in [3.8, 4) is 5.75 Å². The highest BCUT2D eigenvalue weighted by atomic mass is 79.9. The highest BCUT2D eigenvalue weighted by Gasteiger charge is 2.19. The van der Waals surface area contributed by atoms with Crippen molar-refractivity contribution in [2.24, 2.45) is 5.73 Å². The van der Waals surface area contributed by atoms with Crippen LogP contribution in [0, 0.1) is 6.92 Å². The van der Waals surface area contributed by atoms with Crippen LogP contribution in [0.3, 0.4) is 0 Å². The summed E-state index contributed by atoms with van der Waals surface area (Å²) in [5.74, 6) is 1.72. The lowest BCUT2D eigenvalue weighted by Gasteiger charge is -2.17. The first-order valence-corrected chi connectivity index (χ1v) is 7.03. The van der Waals surface area contributed by atoms with Crippen LogP contribution in [0.2, 0.25) is 0 Å². The normalized spacial score (nSPS) is 12.5. The minimum Gasteiger partial charge on any atom is -0.496 e. The van der Waals surface area contributed by atoms with Gasteiger partial charge in [-0.3, -0.25) is 0 Å². The lowest BCUT2D eigenvalue weighted by molar-refractivity contribution is 0.407. The molecule has 0 aliphatic rings. The number of nitrogens with two attached hydrogens (primary N) is 1. The van der Waals surface area contributed by atoms with E-state index in [4.69, 9.17) is 14.9 Å². The topological polar surface area (TPSA) is 48.4 Å². The fourth-order valence-corrected chi connectivity index (χ4v) is 2.53. The third-order valence-corrected chi connectivity index (χ3v) is 4.14. The Morgan fingerprint density at radius 2 is 2.11 bits per heavy atom. The molecule has 0 spiro atoms. The monoisotopic (exact) mass is 323 g/mol. The molecule has 3 nitrogen and oxygen atoms in total. The molecule has 1 atom stereocenters. The number of benzene rings is 1. The van der Waals surface area contributed by atoms with E-state index in [9.17, 15) is 0 Å². The largest absolute Gasteiger partial charge is 0.496 e. The molecule has 1 aromatic carbocycles. The Kier molecular flexibility index (Phi) is 4.32. The van der Waals surface area contributed by atoms with Gasteiger partial charge in [0.1, 0.15) is 11.5 Å². The van der Waals surface area contributed by atoms with Crippen molar-refractivity contribution in [3.63, 3.8) is 0 Å². The molecule has 0 saturated heterocycles. The van der Waals surface area contributed by atoms with Gasteiger partial charge in [-0.15, -0.1) is 0 Å². The summed E-state index contributed by atoms with van der Waals surface area (Å²) < 4.78 is 11.9. The van der Waals surface area contributed by atoms with Crippen molar-refractivity contribution < 1.29 is 9.15 Å². The molecule has 2 N–H and O–H groups in total. The second-order valence-electron chi connectivity index (χ2n) is 4.47. The van der Waals surface area contributed by atoms with E-state index in [2.05, 4.69) is 22.9 Å². The molecule has 0 amide bonds. The van der Waals surface area contributed by atoms with Gasteiger partial charge < -0.3 is 14.9 Å². The third kappa shape index (κ3) is 2.69. The smallest absolute Gasteiger partial charge is 0.124 e. The van der Waals surface area contributed by atoms with E-state index in [-0.39, 0.29) is 6.04 Å². The average Bonchev–Trinajstić information content (AvgIpc) is 2.88. The first-order chi connectivity index (χ1) is 9.08. The maximum Gasteiger partial charge on any atom is 0.124 e. The van der Waals surface area contributed by atoms with Gasteiger partial charge in [-0.05, 0) is 30.7 Å². The van der Waals surface area contributed by atoms with Crippen LogP contribution in [0.4, 0.5) is 0 Å². The molecule has 102 valence electrons. The van der Waals surface area contributed by atoms with Crippen LogP contribution in [0.5, 0.6) is 5.75 Å². The van der Waals surface area contributed by atoms with Gasteiger partial charge in [0.15, 0.2) is 0 Å². The lowest BCUT2D eigenvalue weighted by Crippen LogP contribution is -2.14. The number of halogens is 1. The quantitative estimate of drug-likeness (QED) is 0.926. The molecule has 19 heavy (non-hydrogen) atoms. The van der Waals surface area contributed by atoms with Gasteiger partial charge in [-0.1, -0.05) is 22.9 Å². The summed E-state index contributed by atoms with van der Waals surface area (Å²) >= 11 is 3.54. The molecule has 0 fully saturated rings. The summed E-state index contributed by atoms with van der Waals surface area (Å²) in [5.41, 5.74) is 9.46. The molecular formula is C15H18BrNO2. The van der Waals surface area contributed by atoms with E-state index in [0.29, 0.717) is 0 Å². The number of methoxy groups -OCH3 is 1. The van der Waals surface area contributed by atoms with E-state index in [1.165, 1.54) is 0 Å². The Morgan fingerprint density at radius 1 is 1.37 bits per heavy atom. The van der Waals surface area contributed by atoms with Gasteiger partial charge in [0.25, 0.3) is 0 Å². The van der Waals surface area contributed by atoms with Crippen molar-refractivity contribution >= 4 is 15.9 Å². The minimum atomic E-state index is -0.249. The SMILES string of the molecule is CCc1occc1C(N)c1cc(Br)c(C)cc1OC. The third-order valence-electron chi connectivity index (χ3n) is 3.28. The van der Waals surface area contributed by atoms with E-state index >= 15 is 0 Å². The van der Waals surface area contributed by atoms with Crippen molar-refractivity contribution in [3.05, 3.63) is 51.4 Å². The number of rotatable bonds is 4. The predicted octanol–water partition coefficient (Wildman–Crippen LogP) is 3.97. The number of hydrogen-bond acceptors (Lipinski definition) is 3. The fraction of sp³-hybridized carbons (Fsp3) is 0.333. The van der Waals surface area contributed by atoms with Crippen molar-refractivity contribution in [2.75, 3.05) is 7.11 Å². The Bertz CT molecular complexity index is 578. The van der Waals surface area contributed by atoms with Gasteiger partial charge in [-0.2, -0.15) is 0 Å². The first-order valence-electron chi connectivity index (χ1n) is 6.24. The van der Waals surface area contributed by atoms with Crippen molar-refractivity contribution in [2.45, 2.75) is 26.3 Å².